The van der Waals surface area contributed by atoms with Crippen LogP contribution in [0.25, 0.3) is 10.4 Å². The number of aliphatic hydroxyl groups is 1. The van der Waals surface area contributed by atoms with E-state index in [1.165, 1.54) is 4.90 Å². The number of hydrogen-bond acceptors (Lipinski definition) is 7. The van der Waals surface area contributed by atoms with E-state index in [1.54, 1.807) is 18.4 Å². The lowest BCUT2D eigenvalue weighted by atomic mass is 9.85. The molecule has 8 nitrogen and oxygen atoms in total. The molecule has 0 bridgehead atoms. The van der Waals surface area contributed by atoms with Crippen molar-refractivity contribution in [2.75, 3.05) is 26.8 Å². The van der Waals surface area contributed by atoms with Crippen molar-refractivity contribution in [1.29, 1.82) is 0 Å². The first-order chi connectivity index (χ1) is 16.6. The molecule has 9 heteroatoms. The second-order valence-corrected chi connectivity index (χ2v) is 11.0. The predicted octanol–water partition coefficient (Wildman–Crippen LogP) is 2.74. The van der Waals surface area contributed by atoms with Crippen LogP contribution < -0.4 is 10.6 Å². The van der Waals surface area contributed by atoms with Crippen LogP contribution in [-0.2, 0) is 20.9 Å². The van der Waals surface area contributed by atoms with Crippen molar-refractivity contribution in [1.82, 2.24) is 20.5 Å². The third-order valence-corrected chi connectivity index (χ3v) is 7.26. The first-order valence-corrected chi connectivity index (χ1v) is 13.0. The second kappa shape index (κ2) is 12.1. The molecule has 0 unspecified atom stereocenters. The fourth-order valence-corrected chi connectivity index (χ4v) is 5.17. The number of thiazole rings is 1. The van der Waals surface area contributed by atoms with E-state index in [1.807, 2.05) is 57.5 Å². The molecule has 0 radical (unpaired) electrons. The summed E-state index contributed by atoms with van der Waals surface area (Å²) in [5.41, 5.74) is 4.55. The molecule has 0 spiro atoms. The third kappa shape index (κ3) is 7.10. The first kappa shape index (κ1) is 27.3. The largest absolute Gasteiger partial charge is 0.391 e. The summed E-state index contributed by atoms with van der Waals surface area (Å²) in [6, 6.07) is 6.87. The summed E-state index contributed by atoms with van der Waals surface area (Å²) in [6.45, 7) is 9.73. The number of ether oxygens (including phenoxy) is 1. The molecule has 35 heavy (non-hydrogen) atoms. The Kier molecular flexibility index (Phi) is 9.40. The molecule has 1 aliphatic rings. The minimum absolute atomic E-state index is 0.157. The summed E-state index contributed by atoms with van der Waals surface area (Å²) in [7, 11) is 1.65. The summed E-state index contributed by atoms with van der Waals surface area (Å²) < 4.78 is 5.10. The number of aryl methyl sites for hydroxylation is 1. The number of benzene rings is 1. The van der Waals surface area contributed by atoms with E-state index in [9.17, 15) is 14.7 Å². The molecule has 1 aromatic carbocycles. The summed E-state index contributed by atoms with van der Waals surface area (Å²) in [5, 5.41) is 16.6. The standard InChI is InChI=1S/C26H38N4O4S/c1-17-22(35-16-29-17)19-9-7-18(8-10-19)14-28-24(32)21-13-20(31)15-30(21)25(33)23(26(2,3)4)27-11-6-12-34-5/h7-10,16,20-21,23,27,31H,6,11-15H2,1-5H3,(H,28,32)/t20-,21+,23-/m1/s1. The average molecular weight is 503 g/mol. The Bertz CT molecular complexity index is 986. The molecule has 1 fully saturated rings. The van der Waals surface area contributed by atoms with Crippen molar-refractivity contribution in [3.05, 3.63) is 41.0 Å². The van der Waals surface area contributed by atoms with E-state index in [-0.39, 0.29) is 30.2 Å². The van der Waals surface area contributed by atoms with Gasteiger partial charge in [0, 0.05) is 33.2 Å². The zero-order valence-electron chi connectivity index (χ0n) is 21.3. The van der Waals surface area contributed by atoms with Gasteiger partial charge in [0.2, 0.25) is 11.8 Å². The highest BCUT2D eigenvalue weighted by atomic mass is 32.1. The smallest absolute Gasteiger partial charge is 0.243 e. The summed E-state index contributed by atoms with van der Waals surface area (Å²) >= 11 is 1.60. The maximum atomic E-state index is 13.5. The quantitative estimate of drug-likeness (QED) is 0.432. The Morgan fingerprint density at radius 2 is 2.00 bits per heavy atom. The van der Waals surface area contributed by atoms with E-state index in [4.69, 9.17) is 4.74 Å². The lowest BCUT2D eigenvalue weighted by molar-refractivity contribution is -0.142. The van der Waals surface area contributed by atoms with E-state index in [2.05, 4.69) is 15.6 Å². The van der Waals surface area contributed by atoms with Crippen LogP contribution in [0.2, 0.25) is 0 Å². The fourth-order valence-electron chi connectivity index (χ4n) is 4.36. The average Bonchev–Trinajstić information content (AvgIpc) is 3.42. The Hall–Kier alpha value is -2.33. The topological polar surface area (TPSA) is 104 Å². The number of rotatable bonds is 10. The predicted molar refractivity (Wildman–Crippen MR) is 138 cm³/mol. The van der Waals surface area contributed by atoms with Gasteiger partial charge < -0.3 is 25.4 Å². The number of hydrogen-bond donors (Lipinski definition) is 3. The minimum Gasteiger partial charge on any atom is -0.391 e. The van der Waals surface area contributed by atoms with E-state index < -0.39 is 18.2 Å². The lowest BCUT2D eigenvalue weighted by Gasteiger charge is -2.35. The third-order valence-electron chi connectivity index (χ3n) is 6.28. The molecule has 3 atom stereocenters. The first-order valence-electron chi connectivity index (χ1n) is 12.1. The van der Waals surface area contributed by atoms with Gasteiger partial charge in [0.25, 0.3) is 0 Å². The number of carbonyl (C=O) groups is 2. The number of aliphatic hydroxyl groups excluding tert-OH is 1. The summed E-state index contributed by atoms with van der Waals surface area (Å²) in [4.78, 5) is 33.6. The van der Waals surface area contributed by atoms with Crippen molar-refractivity contribution in [2.24, 2.45) is 5.41 Å². The molecule has 0 aliphatic carbocycles. The van der Waals surface area contributed by atoms with Gasteiger partial charge in [-0.2, -0.15) is 0 Å². The zero-order chi connectivity index (χ0) is 25.6. The minimum atomic E-state index is -0.717. The van der Waals surface area contributed by atoms with Crippen molar-refractivity contribution in [2.45, 2.75) is 65.3 Å². The summed E-state index contributed by atoms with van der Waals surface area (Å²) in [5.74, 6) is -0.403. The zero-order valence-corrected chi connectivity index (χ0v) is 22.2. The lowest BCUT2D eigenvalue weighted by Crippen LogP contribution is -2.56. The van der Waals surface area contributed by atoms with Crippen molar-refractivity contribution >= 4 is 23.2 Å². The highest BCUT2D eigenvalue weighted by Gasteiger charge is 2.43. The second-order valence-electron chi connectivity index (χ2n) is 10.2. The van der Waals surface area contributed by atoms with E-state index >= 15 is 0 Å². The number of nitrogens with zero attached hydrogens (tertiary/aromatic N) is 2. The van der Waals surface area contributed by atoms with Crippen LogP contribution in [0.1, 0.15) is 44.9 Å². The Morgan fingerprint density at radius 3 is 2.60 bits per heavy atom. The molecule has 1 aromatic heterocycles. The molecule has 1 aliphatic heterocycles. The van der Waals surface area contributed by atoms with Crippen molar-refractivity contribution in [3.63, 3.8) is 0 Å². The molecule has 192 valence electrons. The monoisotopic (exact) mass is 502 g/mol. The normalized spacial score (nSPS) is 19.1. The number of amides is 2. The number of aromatic nitrogens is 1. The molecule has 3 N–H and O–H groups in total. The molecule has 3 rings (SSSR count). The van der Waals surface area contributed by atoms with Gasteiger partial charge in [-0.15, -0.1) is 11.3 Å². The molecule has 2 amide bonds. The van der Waals surface area contributed by atoms with Crippen LogP contribution in [0.15, 0.2) is 29.8 Å². The van der Waals surface area contributed by atoms with Crippen molar-refractivity contribution in [3.8, 4) is 10.4 Å². The molecular weight excluding hydrogens is 464 g/mol. The Labute approximate surface area is 212 Å². The maximum Gasteiger partial charge on any atom is 0.243 e. The molecule has 0 saturated carbocycles. The van der Waals surface area contributed by atoms with Crippen LogP contribution in [0.5, 0.6) is 0 Å². The van der Waals surface area contributed by atoms with Gasteiger partial charge in [-0.1, -0.05) is 45.0 Å². The van der Waals surface area contributed by atoms with E-state index in [0.29, 0.717) is 19.7 Å². The van der Waals surface area contributed by atoms with Gasteiger partial charge in [0.05, 0.1) is 28.2 Å². The molecule has 2 heterocycles. The van der Waals surface area contributed by atoms with Crippen LogP contribution in [0.4, 0.5) is 0 Å². The van der Waals surface area contributed by atoms with Crippen LogP contribution in [-0.4, -0.2) is 71.8 Å². The number of carbonyl (C=O) groups excluding carboxylic acids is 2. The highest BCUT2D eigenvalue weighted by Crippen LogP contribution is 2.28. The van der Waals surface area contributed by atoms with Crippen molar-refractivity contribution < 1.29 is 19.4 Å². The fraction of sp³-hybridized carbons (Fsp3) is 0.577. The summed E-state index contributed by atoms with van der Waals surface area (Å²) in [6.07, 6.45) is 0.303. The Balaban J connectivity index is 1.63. The van der Waals surface area contributed by atoms with Gasteiger partial charge in [-0.05, 0) is 36.4 Å². The van der Waals surface area contributed by atoms with Gasteiger partial charge >= 0.3 is 0 Å². The number of β-amino-alcohol motifs (C(OH)–C–C–N with tert-alkyl or cyclic N) is 1. The van der Waals surface area contributed by atoms with Gasteiger partial charge in [-0.3, -0.25) is 9.59 Å². The highest BCUT2D eigenvalue weighted by molar-refractivity contribution is 7.13. The number of methoxy groups -OCH3 is 1. The number of likely N-dealkylation sites (tertiary alicyclic amines) is 1. The SMILES string of the molecule is COCCCN[C@H](C(=O)N1C[C@H](O)C[C@H]1C(=O)NCc1ccc(-c2scnc2C)cc1)C(C)(C)C. The maximum absolute atomic E-state index is 13.5. The number of nitrogens with one attached hydrogen (secondary N) is 2. The van der Waals surface area contributed by atoms with Crippen LogP contribution in [0.3, 0.4) is 0 Å². The van der Waals surface area contributed by atoms with Gasteiger partial charge in [0.1, 0.15) is 6.04 Å². The molecule has 1 saturated heterocycles. The molecular formula is C26H38N4O4S. The Morgan fingerprint density at radius 1 is 1.29 bits per heavy atom. The van der Waals surface area contributed by atoms with Gasteiger partial charge in [-0.25, -0.2) is 4.98 Å². The van der Waals surface area contributed by atoms with Crippen LogP contribution in [0, 0.1) is 12.3 Å². The van der Waals surface area contributed by atoms with E-state index in [0.717, 1.165) is 28.1 Å². The van der Waals surface area contributed by atoms with Gasteiger partial charge in [0.15, 0.2) is 0 Å². The van der Waals surface area contributed by atoms with Crippen LogP contribution >= 0.6 is 11.3 Å². The molecule has 2 aromatic rings.